The highest BCUT2D eigenvalue weighted by Crippen LogP contribution is 2.34. The molecule has 0 unspecified atom stereocenters. The van der Waals surface area contributed by atoms with Crippen molar-refractivity contribution < 1.29 is 27.2 Å². The van der Waals surface area contributed by atoms with Crippen LogP contribution in [0.2, 0.25) is 0 Å². The van der Waals surface area contributed by atoms with Gasteiger partial charge < -0.3 is 10.2 Å². The Morgan fingerprint density at radius 3 is 2.21 bits per heavy atom. The number of nitrogens with one attached hydrogen (secondary N) is 1. The van der Waals surface area contributed by atoms with E-state index in [4.69, 9.17) is 0 Å². The lowest BCUT2D eigenvalue weighted by molar-refractivity contribution is -0.137. The van der Waals surface area contributed by atoms with Crippen LogP contribution in [0.1, 0.15) is 15.9 Å². The fraction of sp³-hybridized carbons (Fsp3) is 0.300. The monoisotopic (exact) mass is 409 g/mol. The van der Waals surface area contributed by atoms with Gasteiger partial charge in [-0.25, -0.2) is 4.39 Å². The molecule has 1 aliphatic rings. The highest BCUT2D eigenvalue weighted by atomic mass is 19.4. The zero-order valence-corrected chi connectivity index (χ0v) is 15.4. The fourth-order valence-electron chi connectivity index (χ4n) is 3.15. The van der Waals surface area contributed by atoms with Crippen molar-refractivity contribution in [1.29, 1.82) is 0 Å². The third kappa shape index (κ3) is 5.11. The molecule has 0 radical (unpaired) electrons. The van der Waals surface area contributed by atoms with Crippen molar-refractivity contribution in [2.75, 3.05) is 38.0 Å². The van der Waals surface area contributed by atoms with Gasteiger partial charge in [0.25, 0.3) is 5.91 Å². The number of nitrogens with zero attached hydrogens (tertiary/aromatic N) is 2. The topological polar surface area (TPSA) is 52.7 Å². The minimum atomic E-state index is -4.57. The predicted molar refractivity (Wildman–Crippen MR) is 98.8 cm³/mol. The lowest BCUT2D eigenvalue weighted by Crippen LogP contribution is -2.50. The minimum Gasteiger partial charge on any atom is -0.336 e. The van der Waals surface area contributed by atoms with Crippen LogP contribution in [0.5, 0.6) is 0 Å². The van der Waals surface area contributed by atoms with Crippen LogP contribution in [0.4, 0.5) is 23.2 Å². The molecule has 1 N–H and O–H groups in total. The van der Waals surface area contributed by atoms with Crippen molar-refractivity contribution in [1.82, 2.24) is 9.80 Å². The molecule has 1 aliphatic heterocycles. The number of alkyl halides is 3. The van der Waals surface area contributed by atoms with E-state index in [1.165, 1.54) is 41.3 Å². The van der Waals surface area contributed by atoms with Gasteiger partial charge in [0, 0.05) is 26.2 Å². The second-order valence-corrected chi connectivity index (χ2v) is 6.64. The maximum Gasteiger partial charge on any atom is 0.418 e. The van der Waals surface area contributed by atoms with E-state index in [0.717, 1.165) is 6.07 Å². The van der Waals surface area contributed by atoms with Crippen molar-refractivity contribution >= 4 is 17.5 Å². The molecule has 1 saturated heterocycles. The molecule has 9 heteroatoms. The number of rotatable bonds is 4. The van der Waals surface area contributed by atoms with Crippen LogP contribution in [-0.2, 0) is 11.0 Å². The van der Waals surface area contributed by atoms with Crippen LogP contribution in [0.15, 0.2) is 48.5 Å². The molecule has 0 aliphatic carbocycles. The van der Waals surface area contributed by atoms with Crippen LogP contribution < -0.4 is 5.32 Å². The van der Waals surface area contributed by atoms with Crippen LogP contribution in [0.3, 0.4) is 0 Å². The summed E-state index contributed by atoms with van der Waals surface area (Å²) in [6.07, 6.45) is -4.57. The molecule has 0 bridgehead atoms. The Morgan fingerprint density at radius 1 is 0.931 bits per heavy atom. The first-order valence-corrected chi connectivity index (χ1v) is 8.98. The van der Waals surface area contributed by atoms with Gasteiger partial charge in [0.1, 0.15) is 5.82 Å². The van der Waals surface area contributed by atoms with Gasteiger partial charge in [-0.05, 0) is 24.3 Å². The number of carbonyl (C=O) groups is 2. The molecule has 2 amide bonds. The Bertz CT molecular complexity index is 893. The number of carbonyl (C=O) groups excluding carboxylic acids is 2. The Balaban J connectivity index is 1.54. The number of anilines is 1. The zero-order valence-electron chi connectivity index (χ0n) is 15.4. The van der Waals surface area contributed by atoms with Gasteiger partial charge >= 0.3 is 6.18 Å². The fourth-order valence-corrected chi connectivity index (χ4v) is 3.15. The molecule has 2 aromatic rings. The van der Waals surface area contributed by atoms with Crippen LogP contribution >= 0.6 is 0 Å². The van der Waals surface area contributed by atoms with E-state index in [2.05, 4.69) is 5.32 Å². The number of amides is 2. The number of hydrogen-bond acceptors (Lipinski definition) is 3. The van der Waals surface area contributed by atoms with Crippen molar-refractivity contribution in [2.45, 2.75) is 6.18 Å². The molecule has 3 rings (SSSR count). The SMILES string of the molecule is O=C(CN1CCN(C(=O)c2ccccc2F)CC1)Nc1ccccc1C(F)(F)F. The van der Waals surface area contributed by atoms with E-state index < -0.39 is 29.4 Å². The van der Waals surface area contributed by atoms with E-state index in [0.29, 0.717) is 26.2 Å². The smallest absolute Gasteiger partial charge is 0.336 e. The summed E-state index contributed by atoms with van der Waals surface area (Å²) in [7, 11) is 0. The zero-order chi connectivity index (χ0) is 21.0. The number of halogens is 4. The summed E-state index contributed by atoms with van der Waals surface area (Å²) in [6.45, 7) is 1.19. The summed E-state index contributed by atoms with van der Waals surface area (Å²) in [6, 6.07) is 10.5. The molecule has 29 heavy (non-hydrogen) atoms. The molecule has 5 nitrogen and oxygen atoms in total. The van der Waals surface area contributed by atoms with Crippen molar-refractivity contribution in [3.05, 3.63) is 65.5 Å². The number of hydrogen-bond donors (Lipinski definition) is 1. The first-order valence-electron chi connectivity index (χ1n) is 8.98. The summed E-state index contributed by atoms with van der Waals surface area (Å²) >= 11 is 0. The third-order valence-electron chi connectivity index (χ3n) is 4.64. The van der Waals surface area contributed by atoms with E-state index in [1.54, 1.807) is 11.0 Å². The minimum absolute atomic E-state index is 0.0116. The lowest BCUT2D eigenvalue weighted by Gasteiger charge is -2.34. The summed E-state index contributed by atoms with van der Waals surface area (Å²) < 4.78 is 52.8. The molecule has 1 heterocycles. The first kappa shape index (κ1) is 20.8. The average Bonchev–Trinajstić information content (AvgIpc) is 2.68. The third-order valence-corrected chi connectivity index (χ3v) is 4.64. The van der Waals surface area contributed by atoms with E-state index in [9.17, 15) is 27.2 Å². The number of para-hydroxylation sites is 1. The standard InChI is InChI=1S/C20H19F4N3O2/c21-16-7-3-1-5-14(16)19(29)27-11-9-26(10-12-27)13-18(28)25-17-8-4-2-6-15(17)20(22,23)24/h1-8H,9-13H2,(H,25,28). The Kier molecular flexibility index (Phi) is 6.17. The molecule has 0 atom stereocenters. The Labute approximate surface area is 164 Å². The van der Waals surface area contributed by atoms with Crippen molar-refractivity contribution in [3.8, 4) is 0 Å². The normalized spacial score (nSPS) is 15.2. The molecule has 0 saturated carbocycles. The van der Waals surface area contributed by atoms with Crippen LogP contribution in [0, 0.1) is 5.82 Å². The molecule has 0 spiro atoms. The Hall–Kier alpha value is -2.94. The van der Waals surface area contributed by atoms with Gasteiger partial charge in [-0.1, -0.05) is 24.3 Å². The molecule has 154 valence electrons. The van der Waals surface area contributed by atoms with Gasteiger partial charge in [0.05, 0.1) is 23.4 Å². The van der Waals surface area contributed by atoms with Gasteiger partial charge in [0.15, 0.2) is 0 Å². The van der Waals surface area contributed by atoms with Crippen molar-refractivity contribution in [2.24, 2.45) is 0 Å². The van der Waals surface area contributed by atoms with Crippen LogP contribution in [0.25, 0.3) is 0 Å². The maximum atomic E-state index is 13.8. The number of piperazine rings is 1. The first-order chi connectivity index (χ1) is 13.8. The van der Waals surface area contributed by atoms with Gasteiger partial charge in [0.2, 0.25) is 5.91 Å². The second-order valence-electron chi connectivity index (χ2n) is 6.64. The van der Waals surface area contributed by atoms with Gasteiger partial charge in [-0.2, -0.15) is 13.2 Å². The highest BCUT2D eigenvalue weighted by Gasteiger charge is 2.33. The van der Waals surface area contributed by atoms with Crippen molar-refractivity contribution in [3.63, 3.8) is 0 Å². The molecule has 0 aromatic heterocycles. The molecule has 1 fully saturated rings. The summed E-state index contributed by atoms with van der Waals surface area (Å²) in [5, 5.41) is 2.30. The predicted octanol–water partition coefficient (Wildman–Crippen LogP) is 3.24. The largest absolute Gasteiger partial charge is 0.418 e. The van der Waals surface area contributed by atoms with Gasteiger partial charge in [-0.15, -0.1) is 0 Å². The lowest BCUT2D eigenvalue weighted by atomic mass is 10.1. The summed E-state index contributed by atoms with van der Waals surface area (Å²) in [5.74, 6) is -1.59. The number of benzene rings is 2. The molecular weight excluding hydrogens is 390 g/mol. The molecule has 2 aromatic carbocycles. The molecular formula is C20H19F4N3O2. The van der Waals surface area contributed by atoms with Gasteiger partial charge in [-0.3, -0.25) is 14.5 Å². The summed E-state index contributed by atoms with van der Waals surface area (Å²) in [5.41, 5.74) is -1.21. The summed E-state index contributed by atoms with van der Waals surface area (Å²) in [4.78, 5) is 27.8. The maximum absolute atomic E-state index is 13.8. The quantitative estimate of drug-likeness (QED) is 0.789. The van der Waals surface area contributed by atoms with E-state index in [1.807, 2.05) is 0 Å². The average molecular weight is 409 g/mol. The van der Waals surface area contributed by atoms with Crippen LogP contribution in [-0.4, -0.2) is 54.3 Å². The Morgan fingerprint density at radius 2 is 1.55 bits per heavy atom. The van der Waals surface area contributed by atoms with E-state index in [-0.39, 0.29) is 17.8 Å². The second kappa shape index (κ2) is 8.60. The highest BCUT2D eigenvalue weighted by molar-refractivity contribution is 5.95. The van der Waals surface area contributed by atoms with E-state index >= 15 is 0 Å².